The molecular formula is C19H26BrN. The smallest absolute Gasteiger partial charge is 0.0253 e. The Hall–Kier alpha value is -0.860. The Morgan fingerprint density at radius 3 is 2.38 bits per heavy atom. The van der Waals surface area contributed by atoms with Gasteiger partial charge in [0.05, 0.1) is 0 Å². The van der Waals surface area contributed by atoms with Crippen LogP contribution in [0.4, 0.5) is 0 Å². The van der Waals surface area contributed by atoms with Gasteiger partial charge in [0.25, 0.3) is 0 Å². The standard InChI is InChI=1S/C19H26BrN/c1-14(2)21-13-12-15(3)8-9-16-10-11-19(20)18-7-5-4-6-17(16)18/h4-7,10-11,14-15,21H,8-9,12-13H2,1-3H3. The van der Waals surface area contributed by atoms with E-state index in [9.17, 15) is 0 Å². The van der Waals surface area contributed by atoms with Crippen molar-refractivity contribution in [2.24, 2.45) is 5.92 Å². The molecule has 0 aromatic heterocycles. The van der Waals surface area contributed by atoms with Gasteiger partial charge >= 0.3 is 0 Å². The molecule has 0 aliphatic rings. The van der Waals surface area contributed by atoms with E-state index in [-0.39, 0.29) is 0 Å². The second-order valence-corrected chi connectivity index (χ2v) is 7.15. The summed E-state index contributed by atoms with van der Waals surface area (Å²) in [6.07, 6.45) is 3.68. The average Bonchev–Trinajstić information content (AvgIpc) is 2.46. The molecule has 0 radical (unpaired) electrons. The van der Waals surface area contributed by atoms with Crippen LogP contribution in [-0.4, -0.2) is 12.6 Å². The Morgan fingerprint density at radius 1 is 0.952 bits per heavy atom. The van der Waals surface area contributed by atoms with Crippen molar-refractivity contribution < 1.29 is 0 Å². The minimum Gasteiger partial charge on any atom is -0.315 e. The second kappa shape index (κ2) is 7.95. The van der Waals surface area contributed by atoms with Gasteiger partial charge < -0.3 is 5.32 Å². The SMILES string of the molecule is CC(CCNC(C)C)CCc1ccc(Br)c2ccccc12. The van der Waals surface area contributed by atoms with E-state index in [4.69, 9.17) is 0 Å². The first-order valence-electron chi connectivity index (χ1n) is 7.97. The number of aryl methyl sites for hydroxylation is 1. The molecule has 1 nitrogen and oxygen atoms in total. The third kappa shape index (κ3) is 4.82. The summed E-state index contributed by atoms with van der Waals surface area (Å²) in [5, 5.41) is 6.22. The van der Waals surface area contributed by atoms with Crippen molar-refractivity contribution in [3.63, 3.8) is 0 Å². The minimum atomic E-state index is 0.590. The van der Waals surface area contributed by atoms with Crippen molar-refractivity contribution in [3.8, 4) is 0 Å². The number of fused-ring (bicyclic) bond motifs is 1. The molecule has 0 fully saturated rings. The van der Waals surface area contributed by atoms with Gasteiger partial charge in [0.1, 0.15) is 0 Å². The first-order valence-corrected chi connectivity index (χ1v) is 8.76. The van der Waals surface area contributed by atoms with Crippen molar-refractivity contribution in [1.29, 1.82) is 0 Å². The van der Waals surface area contributed by atoms with Gasteiger partial charge in [-0.3, -0.25) is 0 Å². The van der Waals surface area contributed by atoms with Crippen LogP contribution < -0.4 is 5.32 Å². The molecule has 0 heterocycles. The fourth-order valence-electron chi connectivity index (χ4n) is 2.71. The maximum atomic E-state index is 3.65. The van der Waals surface area contributed by atoms with Crippen LogP contribution in [0.25, 0.3) is 10.8 Å². The Labute approximate surface area is 137 Å². The van der Waals surface area contributed by atoms with Gasteiger partial charge in [-0.1, -0.05) is 67.0 Å². The topological polar surface area (TPSA) is 12.0 Å². The molecule has 0 bridgehead atoms. The molecule has 1 unspecified atom stereocenters. The van der Waals surface area contributed by atoms with Gasteiger partial charge in [-0.15, -0.1) is 0 Å². The van der Waals surface area contributed by atoms with E-state index in [0.29, 0.717) is 6.04 Å². The van der Waals surface area contributed by atoms with Crippen molar-refractivity contribution in [2.45, 2.75) is 46.1 Å². The lowest BCUT2D eigenvalue weighted by Gasteiger charge is -2.14. The summed E-state index contributed by atoms with van der Waals surface area (Å²) in [5.74, 6) is 0.763. The molecule has 0 aliphatic carbocycles. The highest BCUT2D eigenvalue weighted by molar-refractivity contribution is 9.10. The van der Waals surface area contributed by atoms with Crippen LogP contribution in [-0.2, 0) is 6.42 Å². The van der Waals surface area contributed by atoms with Gasteiger partial charge in [-0.2, -0.15) is 0 Å². The number of rotatable bonds is 7. The van der Waals surface area contributed by atoms with Crippen LogP contribution >= 0.6 is 15.9 Å². The quantitative estimate of drug-likeness (QED) is 0.691. The summed E-state index contributed by atoms with van der Waals surface area (Å²) in [6.45, 7) is 7.90. The molecule has 0 amide bonds. The van der Waals surface area contributed by atoms with Crippen molar-refractivity contribution in [2.75, 3.05) is 6.54 Å². The second-order valence-electron chi connectivity index (χ2n) is 6.29. The normalized spacial score (nSPS) is 13.0. The summed E-state index contributed by atoms with van der Waals surface area (Å²) < 4.78 is 1.19. The molecule has 114 valence electrons. The molecule has 2 heteroatoms. The van der Waals surface area contributed by atoms with Crippen molar-refractivity contribution in [1.82, 2.24) is 5.32 Å². The first-order chi connectivity index (χ1) is 10.1. The van der Waals surface area contributed by atoms with Crippen LogP contribution in [0.15, 0.2) is 40.9 Å². The number of hydrogen-bond acceptors (Lipinski definition) is 1. The van der Waals surface area contributed by atoms with E-state index in [1.54, 1.807) is 0 Å². The highest BCUT2D eigenvalue weighted by Gasteiger charge is 2.07. The van der Waals surface area contributed by atoms with Gasteiger partial charge in [-0.05, 0) is 54.1 Å². The lowest BCUT2D eigenvalue weighted by molar-refractivity contribution is 0.454. The molecule has 0 aliphatic heterocycles. The Balaban J connectivity index is 1.96. The summed E-state index contributed by atoms with van der Waals surface area (Å²) >= 11 is 3.65. The van der Waals surface area contributed by atoms with E-state index in [0.717, 1.165) is 18.9 Å². The first kappa shape index (κ1) is 16.5. The third-order valence-electron chi connectivity index (χ3n) is 4.06. The average molecular weight is 348 g/mol. The number of hydrogen-bond donors (Lipinski definition) is 1. The number of halogens is 1. The Bertz CT molecular complexity index is 577. The van der Waals surface area contributed by atoms with Crippen LogP contribution in [0.1, 0.15) is 39.2 Å². The van der Waals surface area contributed by atoms with E-state index >= 15 is 0 Å². The Morgan fingerprint density at radius 2 is 1.67 bits per heavy atom. The molecule has 2 rings (SSSR count). The zero-order chi connectivity index (χ0) is 15.2. The largest absolute Gasteiger partial charge is 0.315 e. The highest BCUT2D eigenvalue weighted by atomic mass is 79.9. The monoisotopic (exact) mass is 347 g/mol. The fraction of sp³-hybridized carbons (Fsp3) is 0.474. The molecule has 2 aromatic rings. The van der Waals surface area contributed by atoms with E-state index < -0.39 is 0 Å². The predicted molar refractivity (Wildman–Crippen MR) is 96.9 cm³/mol. The predicted octanol–water partition coefficient (Wildman–Crippen LogP) is 5.56. The molecule has 0 spiro atoms. The molecule has 2 aromatic carbocycles. The minimum absolute atomic E-state index is 0.590. The summed E-state index contributed by atoms with van der Waals surface area (Å²) in [6, 6.07) is 13.7. The van der Waals surface area contributed by atoms with Gasteiger partial charge in [-0.25, -0.2) is 0 Å². The number of nitrogens with one attached hydrogen (secondary N) is 1. The fourth-order valence-corrected chi connectivity index (χ4v) is 3.19. The van der Waals surface area contributed by atoms with Crippen LogP contribution in [0.5, 0.6) is 0 Å². The number of benzene rings is 2. The highest BCUT2D eigenvalue weighted by Crippen LogP contribution is 2.28. The van der Waals surface area contributed by atoms with Crippen LogP contribution in [0, 0.1) is 5.92 Å². The van der Waals surface area contributed by atoms with Gasteiger partial charge in [0, 0.05) is 10.5 Å². The summed E-state index contributed by atoms with van der Waals surface area (Å²) in [5.41, 5.74) is 1.47. The van der Waals surface area contributed by atoms with Gasteiger partial charge in [0.15, 0.2) is 0 Å². The third-order valence-corrected chi connectivity index (χ3v) is 4.75. The maximum absolute atomic E-state index is 3.65. The zero-order valence-electron chi connectivity index (χ0n) is 13.3. The van der Waals surface area contributed by atoms with E-state index in [1.165, 1.54) is 33.7 Å². The summed E-state index contributed by atoms with van der Waals surface area (Å²) in [4.78, 5) is 0. The van der Waals surface area contributed by atoms with Crippen molar-refractivity contribution in [3.05, 3.63) is 46.4 Å². The zero-order valence-corrected chi connectivity index (χ0v) is 14.9. The van der Waals surface area contributed by atoms with Crippen LogP contribution in [0.3, 0.4) is 0 Å². The van der Waals surface area contributed by atoms with E-state index in [1.807, 2.05) is 0 Å². The molecule has 1 N–H and O–H groups in total. The lowest BCUT2D eigenvalue weighted by Crippen LogP contribution is -2.25. The molecule has 1 atom stereocenters. The lowest BCUT2D eigenvalue weighted by atomic mass is 9.95. The summed E-state index contributed by atoms with van der Waals surface area (Å²) in [7, 11) is 0. The molecule has 21 heavy (non-hydrogen) atoms. The molecule has 0 saturated carbocycles. The van der Waals surface area contributed by atoms with Crippen molar-refractivity contribution >= 4 is 26.7 Å². The van der Waals surface area contributed by atoms with Gasteiger partial charge in [0.2, 0.25) is 0 Å². The Kier molecular flexibility index (Phi) is 6.25. The van der Waals surface area contributed by atoms with Crippen LogP contribution in [0.2, 0.25) is 0 Å². The molecule has 0 saturated heterocycles. The van der Waals surface area contributed by atoms with E-state index in [2.05, 4.69) is 78.4 Å². The maximum Gasteiger partial charge on any atom is 0.0253 e. The molecular weight excluding hydrogens is 322 g/mol.